The predicted molar refractivity (Wildman–Crippen MR) is 103 cm³/mol. The van der Waals surface area contributed by atoms with Crippen LogP contribution in [-0.2, 0) is 0 Å². The summed E-state index contributed by atoms with van der Waals surface area (Å²) in [5.41, 5.74) is 4.11. The molecule has 1 heterocycles. The quantitative estimate of drug-likeness (QED) is 0.661. The minimum Gasteiger partial charge on any atom is -0.324 e. The van der Waals surface area contributed by atoms with Crippen molar-refractivity contribution in [3.63, 3.8) is 0 Å². The van der Waals surface area contributed by atoms with Crippen molar-refractivity contribution in [3.05, 3.63) is 76.0 Å². The molecule has 0 radical (unpaired) electrons. The molecular formula is C19H17BrN4O. The molecule has 25 heavy (non-hydrogen) atoms. The van der Waals surface area contributed by atoms with Gasteiger partial charge in [0.1, 0.15) is 5.69 Å². The summed E-state index contributed by atoms with van der Waals surface area (Å²) in [5, 5.41) is 6.04. The summed E-state index contributed by atoms with van der Waals surface area (Å²) in [6, 6.07) is 15.0. The van der Waals surface area contributed by atoms with Crippen LogP contribution in [0.5, 0.6) is 0 Å². The molecule has 2 aromatic carbocycles. The van der Waals surface area contributed by atoms with E-state index in [0.29, 0.717) is 17.3 Å². The summed E-state index contributed by atoms with van der Waals surface area (Å²) >= 11 is 3.41. The van der Waals surface area contributed by atoms with E-state index in [-0.39, 0.29) is 5.91 Å². The van der Waals surface area contributed by atoms with E-state index in [2.05, 4.69) is 36.5 Å². The molecule has 0 saturated heterocycles. The third-order valence-corrected chi connectivity index (χ3v) is 4.42. The monoisotopic (exact) mass is 396 g/mol. The summed E-state index contributed by atoms with van der Waals surface area (Å²) in [6.45, 7) is 4.03. The Morgan fingerprint density at radius 1 is 1.00 bits per heavy atom. The molecule has 0 unspecified atom stereocenters. The fourth-order valence-corrected chi connectivity index (χ4v) is 2.80. The molecular weight excluding hydrogens is 380 g/mol. The van der Waals surface area contributed by atoms with E-state index >= 15 is 0 Å². The van der Waals surface area contributed by atoms with E-state index in [1.54, 1.807) is 12.3 Å². The summed E-state index contributed by atoms with van der Waals surface area (Å²) in [7, 11) is 0. The van der Waals surface area contributed by atoms with E-state index in [1.165, 1.54) is 0 Å². The number of halogens is 1. The SMILES string of the molecule is Cc1cccc(C)c1Nc1nccc(C(=O)Nc2ccccc2Br)n1. The Labute approximate surface area is 154 Å². The first-order chi connectivity index (χ1) is 12.0. The summed E-state index contributed by atoms with van der Waals surface area (Å²) in [6.07, 6.45) is 1.57. The van der Waals surface area contributed by atoms with Gasteiger partial charge in [-0.25, -0.2) is 9.97 Å². The Bertz CT molecular complexity index is 907. The van der Waals surface area contributed by atoms with Crippen LogP contribution in [0.25, 0.3) is 0 Å². The van der Waals surface area contributed by atoms with Gasteiger partial charge in [0.25, 0.3) is 5.91 Å². The standard InChI is InChI=1S/C19H17BrN4O/c1-12-6-5-7-13(2)17(12)24-19-21-11-10-16(23-19)18(25)22-15-9-4-3-8-14(15)20/h3-11H,1-2H3,(H,22,25)(H,21,23,24). The third kappa shape index (κ3) is 4.03. The predicted octanol–water partition coefficient (Wildman–Crippen LogP) is 4.85. The zero-order chi connectivity index (χ0) is 17.8. The lowest BCUT2D eigenvalue weighted by Crippen LogP contribution is -2.15. The number of aryl methyl sites for hydroxylation is 2. The molecule has 0 atom stereocenters. The molecule has 3 aromatic rings. The third-order valence-electron chi connectivity index (χ3n) is 3.73. The second-order valence-electron chi connectivity index (χ2n) is 5.59. The lowest BCUT2D eigenvalue weighted by molar-refractivity contribution is 0.102. The number of rotatable bonds is 4. The first kappa shape index (κ1) is 17.1. The van der Waals surface area contributed by atoms with Gasteiger partial charge >= 0.3 is 0 Å². The number of anilines is 3. The second kappa shape index (κ2) is 7.44. The molecule has 2 N–H and O–H groups in total. The zero-order valence-corrected chi connectivity index (χ0v) is 15.5. The first-order valence-corrected chi connectivity index (χ1v) is 8.56. The van der Waals surface area contributed by atoms with Crippen LogP contribution in [0.4, 0.5) is 17.3 Å². The van der Waals surface area contributed by atoms with Crippen LogP contribution >= 0.6 is 15.9 Å². The number of nitrogens with zero attached hydrogens (tertiary/aromatic N) is 2. The Kier molecular flexibility index (Phi) is 5.09. The molecule has 0 aliphatic heterocycles. The average Bonchev–Trinajstić information content (AvgIpc) is 2.60. The maximum Gasteiger partial charge on any atom is 0.274 e. The molecule has 3 rings (SSSR count). The Hall–Kier alpha value is -2.73. The molecule has 0 fully saturated rings. The van der Waals surface area contributed by atoms with Crippen molar-refractivity contribution < 1.29 is 4.79 Å². The smallest absolute Gasteiger partial charge is 0.274 e. The minimum absolute atomic E-state index is 0.291. The maximum absolute atomic E-state index is 12.5. The summed E-state index contributed by atoms with van der Waals surface area (Å²) in [4.78, 5) is 21.0. The van der Waals surface area contributed by atoms with Gasteiger partial charge in [0.2, 0.25) is 5.95 Å². The van der Waals surface area contributed by atoms with E-state index in [4.69, 9.17) is 0 Å². The largest absolute Gasteiger partial charge is 0.324 e. The highest BCUT2D eigenvalue weighted by Crippen LogP contribution is 2.23. The van der Waals surface area contributed by atoms with Crippen molar-refractivity contribution in [2.24, 2.45) is 0 Å². The lowest BCUT2D eigenvalue weighted by atomic mass is 10.1. The van der Waals surface area contributed by atoms with Gasteiger partial charge in [0.05, 0.1) is 5.69 Å². The Balaban J connectivity index is 1.82. The highest BCUT2D eigenvalue weighted by atomic mass is 79.9. The molecule has 0 aliphatic rings. The van der Waals surface area contributed by atoms with Gasteiger partial charge < -0.3 is 10.6 Å². The molecule has 6 heteroatoms. The fraction of sp³-hybridized carbons (Fsp3) is 0.105. The van der Waals surface area contributed by atoms with E-state index in [9.17, 15) is 4.79 Å². The van der Waals surface area contributed by atoms with Crippen molar-refractivity contribution in [2.75, 3.05) is 10.6 Å². The van der Waals surface area contributed by atoms with Crippen molar-refractivity contribution in [1.29, 1.82) is 0 Å². The number of nitrogens with one attached hydrogen (secondary N) is 2. The van der Waals surface area contributed by atoms with Crippen LogP contribution in [0.1, 0.15) is 21.6 Å². The zero-order valence-electron chi connectivity index (χ0n) is 13.9. The summed E-state index contributed by atoms with van der Waals surface area (Å²) in [5.74, 6) is 0.0935. The van der Waals surface area contributed by atoms with Crippen molar-refractivity contribution in [1.82, 2.24) is 9.97 Å². The molecule has 1 aromatic heterocycles. The summed E-state index contributed by atoms with van der Waals surface area (Å²) < 4.78 is 0.811. The number of hydrogen-bond donors (Lipinski definition) is 2. The molecule has 5 nitrogen and oxygen atoms in total. The molecule has 126 valence electrons. The van der Waals surface area contributed by atoms with Crippen LogP contribution in [0, 0.1) is 13.8 Å². The second-order valence-corrected chi connectivity index (χ2v) is 6.45. The number of aromatic nitrogens is 2. The van der Waals surface area contributed by atoms with Crippen LogP contribution in [-0.4, -0.2) is 15.9 Å². The van der Waals surface area contributed by atoms with Crippen molar-refractivity contribution >= 4 is 39.2 Å². The van der Waals surface area contributed by atoms with E-state index in [1.807, 2.05) is 56.3 Å². The van der Waals surface area contributed by atoms with Gasteiger partial charge in [-0.1, -0.05) is 30.3 Å². The molecule has 0 aliphatic carbocycles. The van der Waals surface area contributed by atoms with Gasteiger partial charge in [0.15, 0.2) is 0 Å². The van der Waals surface area contributed by atoms with E-state index in [0.717, 1.165) is 21.3 Å². The number of hydrogen-bond acceptors (Lipinski definition) is 4. The Morgan fingerprint density at radius 2 is 1.72 bits per heavy atom. The lowest BCUT2D eigenvalue weighted by Gasteiger charge is -2.12. The van der Waals surface area contributed by atoms with Crippen LogP contribution in [0.15, 0.2) is 59.2 Å². The maximum atomic E-state index is 12.5. The first-order valence-electron chi connectivity index (χ1n) is 7.77. The topological polar surface area (TPSA) is 66.9 Å². The fourth-order valence-electron chi connectivity index (χ4n) is 2.42. The van der Waals surface area contributed by atoms with Gasteiger partial charge in [-0.2, -0.15) is 0 Å². The van der Waals surface area contributed by atoms with Crippen molar-refractivity contribution in [3.8, 4) is 0 Å². The number of carbonyl (C=O) groups is 1. The number of carbonyl (C=O) groups excluding carboxylic acids is 1. The van der Waals surface area contributed by atoms with Crippen LogP contribution in [0.2, 0.25) is 0 Å². The molecule has 0 bridgehead atoms. The molecule has 0 spiro atoms. The highest BCUT2D eigenvalue weighted by molar-refractivity contribution is 9.10. The van der Waals surface area contributed by atoms with Crippen LogP contribution in [0.3, 0.4) is 0 Å². The number of amides is 1. The number of benzene rings is 2. The minimum atomic E-state index is -0.293. The Morgan fingerprint density at radius 3 is 2.44 bits per heavy atom. The van der Waals surface area contributed by atoms with Gasteiger partial charge in [-0.05, 0) is 59.1 Å². The van der Waals surface area contributed by atoms with Crippen molar-refractivity contribution in [2.45, 2.75) is 13.8 Å². The van der Waals surface area contributed by atoms with Gasteiger partial charge in [-0.3, -0.25) is 4.79 Å². The van der Waals surface area contributed by atoms with Gasteiger partial charge in [0, 0.05) is 16.4 Å². The number of para-hydroxylation sites is 2. The van der Waals surface area contributed by atoms with Gasteiger partial charge in [-0.15, -0.1) is 0 Å². The molecule has 1 amide bonds. The molecule has 0 saturated carbocycles. The van der Waals surface area contributed by atoms with Crippen LogP contribution < -0.4 is 10.6 Å². The highest BCUT2D eigenvalue weighted by Gasteiger charge is 2.12. The normalized spacial score (nSPS) is 10.4. The average molecular weight is 397 g/mol. The van der Waals surface area contributed by atoms with E-state index < -0.39 is 0 Å².